The van der Waals surface area contributed by atoms with E-state index in [9.17, 15) is 4.79 Å². The van der Waals surface area contributed by atoms with Crippen LogP contribution in [0.2, 0.25) is 0 Å². The Bertz CT molecular complexity index is 799. The van der Waals surface area contributed by atoms with Crippen LogP contribution in [-0.4, -0.2) is 25.9 Å². The van der Waals surface area contributed by atoms with Gasteiger partial charge in [-0.1, -0.05) is 6.07 Å². The van der Waals surface area contributed by atoms with E-state index < -0.39 is 0 Å². The quantitative estimate of drug-likeness (QED) is 0.748. The van der Waals surface area contributed by atoms with E-state index >= 15 is 0 Å². The van der Waals surface area contributed by atoms with Crippen LogP contribution >= 0.6 is 0 Å². The molecule has 2 N–H and O–H groups in total. The van der Waals surface area contributed by atoms with Crippen LogP contribution in [0.4, 0.5) is 5.69 Å². The monoisotopic (exact) mass is 269 g/mol. The number of hydrogen-bond donors (Lipinski definition) is 2. The van der Waals surface area contributed by atoms with E-state index in [2.05, 4.69) is 20.6 Å². The van der Waals surface area contributed by atoms with Crippen molar-refractivity contribution in [3.05, 3.63) is 41.3 Å². The molecule has 0 bridgehead atoms. The van der Waals surface area contributed by atoms with Crippen LogP contribution in [-0.2, 0) is 7.05 Å². The minimum Gasteiger partial charge on any atom is -0.321 e. The molecule has 1 amide bonds. The Labute approximate surface area is 115 Å². The third-order valence-corrected chi connectivity index (χ3v) is 3.47. The van der Waals surface area contributed by atoms with Gasteiger partial charge >= 0.3 is 0 Å². The molecule has 0 saturated heterocycles. The van der Waals surface area contributed by atoms with Crippen LogP contribution in [0.5, 0.6) is 0 Å². The van der Waals surface area contributed by atoms with Gasteiger partial charge in [0.2, 0.25) is 0 Å². The lowest BCUT2D eigenvalue weighted by Crippen LogP contribution is -2.14. The van der Waals surface area contributed by atoms with E-state index in [1.165, 1.54) is 0 Å². The summed E-state index contributed by atoms with van der Waals surface area (Å²) in [5.41, 5.74) is 3.82. The molecule has 2 heterocycles. The maximum Gasteiger partial charge on any atom is 0.259 e. The average Bonchev–Trinajstić information content (AvgIpc) is 2.96. The number of fused-ring (bicyclic) bond motifs is 1. The predicted octanol–water partition coefficient (Wildman–Crippen LogP) is 2.17. The Balaban J connectivity index is 1.99. The SMILES string of the molecule is Cc1nn(C)c(C)c1C(=O)Nc1cccc2[nH]ncc12. The van der Waals surface area contributed by atoms with Crippen molar-refractivity contribution in [1.82, 2.24) is 20.0 Å². The van der Waals surface area contributed by atoms with Crippen molar-refractivity contribution in [3.8, 4) is 0 Å². The molecule has 102 valence electrons. The molecule has 0 saturated carbocycles. The first kappa shape index (κ1) is 12.4. The van der Waals surface area contributed by atoms with Crippen molar-refractivity contribution in [2.24, 2.45) is 7.05 Å². The van der Waals surface area contributed by atoms with E-state index in [-0.39, 0.29) is 5.91 Å². The van der Waals surface area contributed by atoms with E-state index in [1.54, 1.807) is 10.9 Å². The number of carbonyl (C=O) groups is 1. The molecular weight excluding hydrogens is 254 g/mol. The van der Waals surface area contributed by atoms with E-state index in [4.69, 9.17) is 0 Å². The minimum absolute atomic E-state index is 0.151. The molecule has 2 aromatic heterocycles. The van der Waals surface area contributed by atoms with Crippen molar-refractivity contribution in [3.63, 3.8) is 0 Å². The number of amides is 1. The number of carbonyl (C=O) groups excluding carboxylic acids is 1. The molecule has 0 fully saturated rings. The molecule has 6 heteroatoms. The first-order chi connectivity index (χ1) is 9.58. The Hall–Kier alpha value is -2.63. The van der Waals surface area contributed by atoms with Crippen molar-refractivity contribution in [2.75, 3.05) is 5.32 Å². The number of aryl methyl sites for hydroxylation is 2. The molecule has 0 aliphatic heterocycles. The Morgan fingerprint density at radius 3 is 2.85 bits per heavy atom. The molecule has 20 heavy (non-hydrogen) atoms. The Kier molecular flexibility index (Phi) is 2.78. The number of nitrogens with zero attached hydrogens (tertiary/aromatic N) is 3. The first-order valence-electron chi connectivity index (χ1n) is 6.31. The summed E-state index contributed by atoms with van der Waals surface area (Å²) in [5, 5.41) is 15.0. The van der Waals surface area contributed by atoms with E-state index in [1.807, 2.05) is 39.1 Å². The average molecular weight is 269 g/mol. The number of hydrogen-bond acceptors (Lipinski definition) is 3. The number of anilines is 1. The van der Waals surface area contributed by atoms with Crippen LogP contribution in [0.15, 0.2) is 24.4 Å². The molecule has 3 rings (SSSR count). The highest BCUT2D eigenvalue weighted by Crippen LogP contribution is 2.22. The molecular formula is C14H15N5O. The molecule has 6 nitrogen and oxygen atoms in total. The van der Waals surface area contributed by atoms with E-state index in [0.717, 1.165) is 28.0 Å². The van der Waals surface area contributed by atoms with Gasteiger partial charge < -0.3 is 5.32 Å². The zero-order valence-electron chi connectivity index (χ0n) is 11.6. The lowest BCUT2D eigenvalue weighted by molar-refractivity contribution is 0.102. The topological polar surface area (TPSA) is 75.6 Å². The van der Waals surface area contributed by atoms with Gasteiger partial charge in [-0.25, -0.2) is 0 Å². The van der Waals surface area contributed by atoms with Gasteiger partial charge in [-0.3, -0.25) is 14.6 Å². The molecule has 0 aliphatic carbocycles. The lowest BCUT2D eigenvalue weighted by atomic mass is 10.1. The van der Waals surface area contributed by atoms with Crippen molar-refractivity contribution in [2.45, 2.75) is 13.8 Å². The van der Waals surface area contributed by atoms with Crippen molar-refractivity contribution >= 4 is 22.5 Å². The van der Waals surface area contributed by atoms with Crippen LogP contribution in [0.25, 0.3) is 10.9 Å². The number of aromatic nitrogens is 4. The molecule has 0 aliphatic rings. The summed E-state index contributed by atoms with van der Waals surface area (Å²) in [4.78, 5) is 12.4. The largest absolute Gasteiger partial charge is 0.321 e. The maximum absolute atomic E-state index is 12.4. The Morgan fingerprint density at radius 2 is 2.15 bits per heavy atom. The van der Waals surface area contributed by atoms with Gasteiger partial charge in [0.1, 0.15) is 0 Å². The fraction of sp³-hybridized carbons (Fsp3) is 0.214. The number of benzene rings is 1. The molecule has 0 atom stereocenters. The highest BCUT2D eigenvalue weighted by molar-refractivity contribution is 6.09. The Morgan fingerprint density at radius 1 is 1.35 bits per heavy atom. The number of H-pyrrole nitrogens is 1. The summed E-state index contributed by atoms with van der Waals surface area (Å²) < 4.78 is 1.71. The second-order valence-corrected chi connectivity index (χ2v) is 4.76. The molecule has 3 aromatic rings. The summed E-state index contributed by atoms with van der Waals surface area (Å²) in [7, 11) is 1.83. The van der Waals surface area contributed by atoms with Gasteiger partial charge in [-0.15, -0.1) is 0 Å². The fourth-order valence-electron chi connectivity index (χ4n) is 2.36. The number of aromatic amines is 1. The van der Waals surface area contributed by atoms with Crippen LogP contribution in [0, 0.1) is 13.8 Å². The number of rotatable bonds is 2. The summed E-state index contributed by atoms with van der Waals surface area (Å²) in [6.45, 7) is 3.72. The van der Waals surface area contributed by atoms with Gasteiger partial charge in [0, 0.05) is 18.1 Å². The third-order valence-electron chi connectivity index (χ3n) is 3.47. The third kappa shape index (κ3) is 1.85. The molecule has 1 aromatic carbocycles. The second kappa shape index (κ2) is 4.48. The molecule has 0 radical (unpaired) electrons. The van der Waals surface area contributed by atoms with Gasteiger partial charge in [-0.05, 0) is 26.0 Å². The summed E-state index contributed by atoms with van der Waals surface area (Å²) in [6.07, 6.45) is 1.70. The van der Waals surface area contributed by atoms with Crippen LogP contribution < -0.4 is 5.32 Å². The summed E-state index contributed by atoms with van der Waals surface area (Å²) in [5.74, 6) is -0.151. The molecule has 0 unspecified atom stereocenters. The zero-order chi connectivity index (χ0) is 14.3. The summed E-state index contributed by atoms with van der Waals surface area (Å²) >= 11 is 0. The fourth-order valence-corrected chi connectivity index (χ4v) is 2.36. The zero-order valence-corrected chi connectivity index (χ0v) is 11.6. The van der Waals surface area contributed by atoms with Crippen molar-refractivity contribution < 1.29 is 4.79 Å². The standard InChI is InChI=1S/C14H15N5O/c1-8-13(9(2)19(3)18-8)14(20)16-11-5-4-6-12-10(11)7-15-17-12/h4-7H,1-3H3,(H,15,17)(H,16,20). The smallest absolute Gasteiger partial charge is 0.259 e. The van der Waals surface area contributed by atoms with Crippen LogP contribution in [0.1, 0.15) is 21.7 Å². The summed E-state index contributed by atoms with van der Waals surface area (Å²) in [6, 6.07) is 5.65. The lowest BCUT2D eigenvalue weighted by Gasteiger charge is -2.06. The number of nitrogens with one attached hydrogen (secondary N) is 2. The highest BCUT2D eigenvalue weighted by Gasteiger charge is 2.18. The second-order valence-electron chi connectivity index (χ2n) is 4.76. The van der Waals surface area contributed by atoms with Gasteiger partial charge in [0.15, 0.2) is 0 Å². The minimum atomic E-state index is -0.151. The van der Waals surface area contributed by atoms with Gasteiger partial charge in [0.25, 0.3) is 5.91 Å². The highest BCUT2D eigenvalue weighted by atomic mass is 16.1. The van der Waals surface area contributed by atoms with Gasteiger partial charge in [-0.2, -0.15) is 10.2 Å². The molecule has 0 spiro atoms. The van der Waals surface area contributed by atoms with Gasteiger partial charge in [0.05, 0.1) is 28.7 Å². The predicted molar refractivity (Wildman–Crippen MR) is 76.7 cm³/mol. The maximum atomic E-state index is 12.4. The normalized spacial score (nSPS) is 10.9. The van der Waals surface area contributed by atoms with Crippen molar-refractivity contribution in [1.29, 1.82) is 0 Å². The first-order valence-corrected chi connectivity index (χ1v) is 6.31. The van der Waals surface area contributed by atoms with Crippen LogP contribution in [0.3, 0.4) is 0 Å². The van der Waals surface area contributed by atoms with E-state index in [0.29, 0.717) is 5.56 Å².